The van der Waals surface area contributed by atoms with Crippen LogP contribution < -0.4 is 24.2 Å². The quantitative estimate of drug-likeness (QED) is 0.585. The van der Waals surface area contributed by atoms with Gasteiger partial charge in [0.1, 0.15) is 13.2 Å². The van der Waals surface area contributed by atoms with Crippen LogP contribution in [-0.4, -0.2) is 34.6 Å². The summed E-state index contributed by atoms with van der Waals surface area (Å²) < 4.78 is 57.9. The fourth-order valence-corrected chi connectivity index (χ4v) is 4.20. The van der Waals surface area contributed by atoms with Crippen LogP contribution in [0.5, 0.6) is 17.2 Å². The van der Waals surface area contributed by atoms with Gasteiger partial charge in [0.25, 0.3) is 15.9 Å². The molecule has 2 N–H and O–H groups in total. The number of ether oxygens (including phenoxy) is 3. The van der Waals surface area contributed by atoms with E-state index < -0.39 is 21.7 Å². The Balaban J connectivity index is 1.58. The normalized spacial score (nSPS) is 12.7. The van der Waals surface area contributed by atoms with E-state index in [4.69, 9.17) is 14.2 Å². The van der Waals surface area contributed by atoms with E-state index in [1.54, 1.807) is 12.1 Å². The molecule has 8 nitrogen and oxygen atoms in total. The van der Waals surface area contributed by atoms with E-state index in [2.05, 4.69) is 10.0 Å². The third-order valence-corrected chi connectivity index (χ3v) is 6.01. The predicted octanol–water partition coefficient (Wildman–Crippen LogP) is 3.66. The second-order valence-electron chi connectivity index (χ2n) is 6.76. The molecule has 166 valence electrons. The third-order valence-electron chi connectivity index (χ3n) is 4.65. The van der Waals surface area contributed by atoms with Gasteiger partial charge in [-0.2, -0.15) is 0 Å². The lowest BCUT2D eigenvalue weighted by Gasteiger charge is -2.19. The van der Waals surface area contributed by atoms with E-state index in [1.165, 1.54) is 49.6 Å². The van der Waals surface area contributed by atoms with Crippen LogP contribution in [-0.2, 0) is 10.0 Å². The number of hydrogen-bond donors (Lipinski definition) is 2. The van der Waals surface area contributed by atoms with Gasteiger partial charge in [0.15, 0.2) is 23.1 Å². The first-order valence-electron chi connectivity index (χ1n) is 9.54. The van der Waals surface area contributed by atoms with Crippen molar-refractivity contribution in [2.24, 2.45) is 0 Å². The average molecular weight is 458 g/mol. The molecular formula is C22H19FN2O6S. The summed E-state index contributed by atoms with van der Waals surface area (Å²) in [6, 6.07) is 14.3. The molecule has 1 aliphatic heterocycles. The monoisotopic (exact) mass is 458 g/mol. The molecule has 10 heteroatoms. The molecule has 0 bridgehead atoms. The first-order valence-corrected chi connectivity index (χ1v) is 11.0. The van der Waals surface area contributed by atoms with Gasteiger partial charge in [0.2, 0.25) is 0 Å². The molecule has 0 aromatic heterocycles. The molecule has 0 spiro atoms. The van der Waals surface area contributed by atoms with Gasteiger partial charge in [0, 0.05) is 17.8 Å². The number of amides is 1. The van der Waals surface area contributed by atoms with Crippen molar-refractivity contribution in [3.63, 3.8) is 0 Å². The highest BCUT2D eigenvalue weighted by molar-refractivity contribution is 7.92. The Morgan fingerprint density at radius 2 is 1.75 bits per heavy atom. The van der Waals surface area contributed by atoms with E-state index in [-0.39, 0.29) is 27.6 Å². The van der Waals surface area contributed by atoms with Crippen LogP contribution in [0.3, 0.4) is 0 Å². The maximum absolute atomic E-state index is 13.9. The van der Waals surface area contributed by atoms with E-state index in [0.29, 0.717) is 24.7 Å². The molecule has 1 amide bonds. The molecule has 0 unspecified atom stereocenters. The average Bonchev–Trinajstić information content (AvgIpc) is 2.79. The zero-order valence-corrected chi connectivity index (χ0v) is 17.7. The number of hydrogen-bond acceptors (Lipinski definition) is 6. The standard InChI is InChI=1S/C22H19FN2O6S/c1-29-19-8-6-14(12-17(19)23)24-22(26)16-4-2-3-5-18(16)25-32(27,28)15-7-9-20-21(13-15)31-11-10-30-20/h2-9,12-13,25H,10-11H2,1H3,(H,24,26). The van der Waals surface area contributed by atoms with Crippen molar-refractivity contribution in [1.29, 1.82) is 0 Å². The lowest BCUT2D eigenvalue weighted by Crippen LogP contribution is -2.19. The summed E-state index contributed by atoms with van der Waals surface area (Å²) in [6.07, 6.45) is 0. The van der Waals surface area contributed by atoms with Crippen molar-refractivity contribution in [2.75, 3.05) is 30.4 Å². The Bertz CT molecular complexity index is 1280. The number of anilines is 2. The minimum absolute atomic E-state index is 0.0376. The molecule has 32 heavy (non-hydrogen) atoms. The second-order valence-corrected chi connectivity index (χ2v) is 8.44. The number of fused-ring (bicyclic) bond motifs is 1. The van der Waals surface area contributed by atoms with Gasteiger partial charge in [0.05, 0.1) is 23.3 Å². The molecule has 0 aliphatic carbocycles. The Morgan fingerprint density at radius 1 is 1.00 bits per heavy atom. The van der Waals surface area contributed by atoms with Crippen molar-refractivity contribution in [3.05, 3.63) is 72.0 Å². The van der Waals surface area contributed by atoms with Gasteiger partial charge >= 0.3 is 0 Å². The number of methoxy groups -OCH3 is 1. The molecule has 0 fully saturated rings. The minimum Gasteiger partial charge on any atom is -0.494 e. The number of nitrogens with one attached hydrogen (secondary N) is 2. The summed E-state index contributed by atoms with van der Waals surface area (Å²) in [5.41, 5.74) is 0.316. The highest BCUT2D eigenvalue weighted by Gasteiger charge is 2.22. The summed E-state index contributed by atoms with van der Waals surface area (Å²) in [5, 5.41) is 2.55. The number of carbonyl (C=O) groups excluding carboxylic acids is 1. The topological polar surface area (TPSA) is 103 Å². The van der Waals surface area contributed by atoms with Gasteiger partial charge in [-0.1, -0.05) is 12.1 Å². The predicted molar refractivity (Wildman–Crippen MR) is 116 cm³/mol. The number of rotatable bonds is 6. The smallest absolute Gasteiger partial charge is 0.262 e. The highest BCUT2D eigenvalue weighted by Crippen LogP contribution is 2.33. The molecule has 0 saturated heterocycles. The van der Waals surface area contributed by atoms with Gasteiger partial charge in [-0.3, -0.25) is 9.52 Å². The van der Waals surface area contributed by atoms with Crippen molar-refractivity contribution < 1.29 is 31.8 Å². The van der Waals surface area contributed by atoms with Crippen LogP contribution in [0.15, 0.2) is 65.6 Å². The van der Waals surface area contributed by atoms with Crippen molar-refractivity contribution in [1.82, 2.24) is 0 Å². The molecular weight excluding hydrogens is 439 g/mol. The second kappa shape index (κ2) is 8.75. The van der Waals surface area contributed by atoms with Crippen LogP contribution in [0.1, 0.15) is 10.4 Å². The first kappa shape index (κ1) is 21.4. The third kappa shape index (κ3) is 4.45. The minimum atomic E-state index is -4.03. The number of carbonyl (C=O) groups is 1. The summed E-state index contributed by atoms with van der Waals surface area (Å²) in [4.78, 5) is 12.7. The maximum Gasteiger partial charge on any atom is 0.262 e. The molecule has 3 aromatic carbocycles. The lowest BCUT2D eigenvalue weighted by molar-refractivity contribution is 0.102. The first-order chi connectivity index (χ1) is 15.4. The summed E-state index contributed by atoms with van der Waals surface area (Å²) in [6.45, 7) is 0.705. The van der Waals surface area contributed by atoms with E-state index >= 15 is 0 Å². The van der Waals surface area contributed by atoms with Crippen LogP contribution in [0, 0.1) is 5.82 Å². The van der Waals surface area contributed by atoms with Crippen LogP contribution in [0.4, 0.5) is 15.8 Å². The number of para-hydroxylation sites is 1. The summed E-state index contributed by atoms with van der Waals surface area (Å²) in [7, 11) is -2.70. The number of sulfonamides is 1. The van der Waals surface area contributed by atoms with E-state index in [9.17, 15) is 17.6 Å². The summed E-state index contributed by atoms with van der Waals surface area (Å²) >= 11 is 0. The zero-order valence-electron chi connectivity index (χ0n) is 16.9. The van der Waals surface area contributed by atoms with Crippen LogP contribution in [0.25, 0.3) is 0 Å². The lowest BCUT2D eigenvalue weighted by atomic mass is 10.1. The van der Waals surface area contributed by atoms with Gasteiger partial charge in [-0.25, -0.2) is 12.8 Å². The Hall–Kier alpha value is -3.79. The van der Waals surface area contributed by atoms with E-state index in [0.717, 1.165) is 6.07 Å². The fraction of sp³-hybridized carbons (Fsp3) is 0.136. The Morgan fingerprint density at radius 3 is 2.50 bits per heavy atom. The number of benzene rings is 3. The molecule has 0 saturated carbocycles. The maximum atomic E-state index is 13.9. The molecule has 4 rings (SSSR count). The molecule has 0 radical (unpaired) electrons. The Kier molecular flexibility index (Phi) is 5.87. The van der Waals surface area contributed by atoms with Crippen molar-refractivity contribution >= 4 is 27.3 Å². The number of halogens is 1. The Labute approximate surface area is 184 Å². The largest absolute Gasteiger partial charge is 0.494 e. The molecule has 3 aromatic rings. The van der Waals surface area contributed by atoms with Crippen molar-refractivity contribution in [3.8, 4) is 17.2 Å². The van der Waals surface area contributed by atoms with E-state index in [1.807, 2.05) is 0 Å². The van der Waals surface area contributed by atoms with Crippen LogP contribution in [0.2, 0.25) is 0 Å². The fourth-order valence-electron chi connectivity index (χ4n) is 3.11. The zero-order chi connectivity index (χ0) is 22.7. The van der Waals surface area contributed by atoms with Gasteiger partial charge in [-0.05, 0) is 36.4 Å². The van der Waals surface area contributed by atoms with Gasteiger partial charge < -0.3 is 19.5 Å². The molecule has 1 heterocycles. The van der Waals surface area contributed by atoms with Crippen LogP contribution >= 0.6 is 0 Å². The molecule has 0 atom stereocenters. The highest BCUT2D eigenvalue weighted by atomic mass is 32.2. The SMILES string of the molecule is COc1ccc(NC(=O)c2ccccc2NS(=O)(=O)c2ccc3c(c2)OCCO3)cc1F. The van der Waals surface area contributed by atoms with Gasteiger partial charge in [-0.15, -0.1) is 0 Å². The summed E-state index contributed by atoms with van der Waals surface area (Å²) in [5.74, 6) is -0.433. The van der Waals surface area contributed by atoms with Crippen molar-refractivity contribution in [2.45, 2.75) is 4.90 Å². The molecule has 1 aliphatic rings.